The minimum atomic E-state index is -0.187. The van der Waals surface area contributed by atoms with Crippen molar-refractivity contribution in [2.75, 3.05) is 33.9 Å². The Bertz CT molecular complexity index is 721. The molecule has 1 unspecified atom stereocenters. The normalized spacial score (nSPS) is 12.2. The van der Waals surface area contributed by atoms with Crippen LogP contribution in [0.4, 0.5) is 0 Å². The first-order valence-electron chi connectivity index (χ1n) is 9.08. The molecule has 8 nitrogen and oxygen atoms in total. The van der Waals surface area contributed by atoms with Gasteiger partial charge in [0.2, 0.25) is 5.89 Å². The van der Waals surface area contributed by atoms with Crippen LogP contribution in [-0.4, -0.2) is 54.9 Å². The molecule has 0 saturated carbocycles. The average molecular weight is 503 g/mol. The second kappa shape index (κ2) is 12.6. The molecule has 0 aliphatic heterocycles. The fourth-order valence-corrected chi connectivity index (χ4v) is 2.41. The summed E-state index contributed by atoms with van der Waals surface area (Å²) < 4.78 is 16.5. The number of benzene rings is 1. The van der Waals surface area contributed by atoms with Crippen LogP contribution < -0.4 is 10.1 Å². The first kappa shape index (κ1) is 24.2. The van der Waals surface area contributed by atoms with Gasteiger partial charge >= 0.3 is 0 Å². The lowest BCUT2D eigenvalue weighted by atomic mass is 10.2. The van der Waals surface area contributed by atoms with E-state index >= 15 is 0 Å². The zero-order chi connectivity index (χ0) is 19.6. The van der Waals surface area contributed by atoms with Gasteiger partial charge in [0.25, 0.3) is 0 Å². The van der Waals surface area contributed by atoms with Crippen molar-refractivity contribution in [1.82, 2.24) is 20.4 Å². The first-order chi connectivity index (χ1) is 13.0. The van der Waals surface area contributed by atoms with Crippen molar-refractivity contribution in [3.63, 3.8) is 0 Å². The van der Waals surface area contributed by atoms with Crippen LogP contribution in [0.15, 0.2) is 33.8 Å². The highest BCUT2D eigenvalue weighted by molar-refractivity contribution is 14.0. The van der Waals surface area contributed by atoms with Gasteiger partial charge in [0.15, 0.2) is 11.8 Å². The fraction of sp³-hybridized carbons (Fsp3) is 0.526. The number of halogens is 1. The quantitative estimate of drug-likeness (QED) is 0.320. The minimum absolute atomic E-state index is 0. The maximum absolute atomic E-state index is 5.76. The van der Waals surface area contributed by atoms with Crippen LogP contribution in [0.1, 0.15) is 37.2 Å². The topological polar surface area (TPSA) is 85.0 Å². The molecule has 2 rings (SSSR count). The Balaban J connectivity index is 0.00000392. The van der Waals surface area contributed by atoms with Crippen molar-refractivity contribution in [3.8, 4) is 5.75 Å². The number of hydrogen-bond donors (Lipinski definition) is 1. The average Bonchev–Trinajstić information content (AvgIpc) is 3.13. The molecule has 2 aromatic rings. The van der Waals surface area contributed by atoms with Crippen molar-refractivity contribution >= 4 is 29.9 Å². The number of aliphatic imine (C=N–C) groups is 1. The fourth-order valence-electron chi connectivity index (χ4n) is 2.41. The molecule has 1 aromatic heterocycles. The van der Waals surface area contributed by atoms with E-state index in [1.54, 1.807) is 7.05 Å². The van der Waals surface area contributed by atoms with Crippen molar-refractivity contribution in [2.24, 2.45) is 4.99 Å². The zero-order valence-electron chi connectivity index (χ0n) is 17.1. The number of hydrogen-bond acceptors (Lipinski definition) is 6. The smallest absolute Gasteiger partial charge is 0.246 e. The summed E-state index contributed by atoms with van der Waals surface area (Å²) in [5.41, 5.74) is 1.21. The third-order valence-electron chi connectivity index (χ3n) is 3.95. The number of nitrogens with zero attached hydrogens (tertiary/aromatic N) is 4. The van der Waals surface area contributed by atoms with Gasteiger partial charge in [-0.3, -0.25) is 4.99 Å². The Morgan fingerprint density at radius 1 is 1.32 bits per heavy atom. The number of aryl methyl sites for hydroxylation is 1. The highest BCUT2D eigenvalue weighted by Crippen LogP contribution is 2.13. The van der Waals surface area contributed by atoms with Crippen molar-refractivity contribution in [1.29, 1.82) is 0 Å². The van der Waals surface area contributed by atoms with E-state index in [4.69, 9.17) is 14.0 Å². The van der Waals surface area contributed by atoms with Gasteiger partial charge < -0.3 is 24.2 Å². The number of guanidine groups is 1. The third kappa shape index (κ3) is 7.63. The number of aromatic nitrogens is 2. The molecule has 0 amide bonds. The van der Waals surface area contributed by atoms with Crippen LogP contribution in [0.25, 0.3) is 0 Å². The molecule has 9 heteroatoms. The molecule has 156 valence electrons. The van der Waals surface area contributed by atoms with E-state index in [-0.39, 0.29) is 30.1 Å². The molecular formula is C19H30IN5O3. The SMILES string of the molecule is CCOC(C)c1noc(CNC(=NC)N(C)CCOc2ccc(C)cc2)n1.I. The second-order valence-electron chi connectivity index (χ2n) is 6.13. The van der Waals surface area contributed by atoms with Gasteiger partial charge in [-0.2, -0.15) is 4.98 Å². The van der Waals surface area contributed by atoms with E-state index in [9.17, 15) is 0 Å². The van der Waals surface area contributed by atoms with E-state index in [2.05, 4.69) is 27.4 Å². The summed E-state index contributed by atoms with van der Waals surface area (Å²) in [4.78, 5) is 10.6. The van der Waals surface area contributed by atoms with Gasteiger partial charge in [-0.1, -0.05) is 22.9 Å². The highest BCUT2D eigenvalue weighted by atomic mass is 127. The van der Waals surface area contributed by atoms with Crippen LogP contribution in [0, 0.1) is 6.92 Å². The van der Waals surface area contributed by atoms with Crippen molar-refractivity contribution in [3.05, 3.63) is 41.5 Å². The van der Waals surface area contributed by atoms with Crippen LogP contribution >= 0.6 is 24.0 Å². The van der Waals surface area contributed by atoms with Gasteiger partial charge in [-0.05, 0) is 32.9 Å². The van der Waals surface area contributed by atoms with Gasteiger partial charge in [0.05, 0.1) is 13.1 Å². The molecule has 0 aliphatic carbocycles. The molecule has 0 fully saturated rings. The predicted molar refractivity (Wildman–Crippen MR) is 119 cm³/mol. The summed E-state index contributed by atoms with van der Waals surface area (Å²) >= 11 is 0. The summed E-state index contributed by atoms with van der Waals surface area (Å²) in [6, 6.07) is 8.01. The van der Waals surface area contributed by atoms with E-state index in [0.29, 0.717) is 38.0 Å². The number of ether oxygens (including phenoxy) is 2. The largest absolute Gasteiger partial charge is 0.492 e. The minimum Gasteiger partial charge on any atom is -0.492 e. The Kier molecular flexibility index (Phi) is 10.8. The maximum Gasteiger partial charge on any atom is 0.246 e. The van der Waals surface area contributed by atoms with E-state index in [1.807, 2.05) is 50.1 Å². The first-order valence-corrected chi connectivity index (χ1v) is 9.08. The summed E-state index contributed by atoms with van der Waals surface area (Å²) in [7, 11) is 3.68. The number of rotatable bonds is 9. The van der Waals surface area contributed by atoms with E-state index < -0.39 is 0 Å². The predicted octanol–water partition coefficient (Wildman–Crippen LogP) is 3.18. The second-order valence-corrected chi connectivity index (χ2v) is 6.13. The Morgan fingerprint density at radius 3 is 2.68 bits per heavy atom. The molecular weight excluding hydrogens is 473 g/mol. The van der Waals surface area contributed by atoms with E-state index in [0.717, 1.165) is 11.7 Å². The van der Waals surface area contributed by atoms with Gasteiger partial charge in [0, 0.05) is 20.7 Å². The molecule has 0 aliphatic rings. The standard InChI is InChI=1S/C19H29N5O3.HI/c1-6-25-15(3)18-22-17(27-23-18)13-21-19(20-4)24(5)11-12-26-16-9-7-14(2)8-10-16;/h7-10,15H,6,11-13H2,1-5H3,(H,20,21);1H. The summed E-state index contributed by atoms with van der Waals surface area (Å²) in [6.45, 7) is 8.11. The highest BCUT2D eigenvalue weighted by Gasteiger charge is 2.14. The molecule has 28 heavy (non-hydrogen) atoms. The molecule has 0 radical (unpaired) electrons. The molecule has 1 N–H and O–H groups in total. The summed E-state index contributed by atoms with van der Waals surface area (Å²) in [5, 5.41) is 7.16. The lowest BCUT2D eigenvalue weighted by molar-refractivity contribution is 0.0683. The zero-order valence-corrected chi connectivity index (χ0v) is 19.5. The van der Waals surface area contributed by atoms with Crippen LogP contribution in [0.5, 0.6) is 5.75 Å². The summed E-state index contributed by atoms with van der Waals surface area (Å²) in [6.07, 6.45) is -0.187. The monoisotopic (exact) mass is 503 g/mol. The molecule has 1 heterocycles. The molecule has 1 atom stereocenters. The van der Waals surface area contributed by atoms with Crippen LogP contribution in [-0.2, 0) is 11.3 Å². The van der Waals surface area contributed by atoms with Gasteiger partial charge in [-0.15, -0.1) is 24.0 Å². The lowest BCUT2D eigenvalue weighted by Gasteiger charge is -2.21. The summed E-state index contributed by atoms with van der Waals surface area (Å²) in [5.74, 6) is 2.62. The van der Waals surface area contributed by atoms with E-state index in [1.165, 1.54) is 5.56 Å². The lowest BCUT2D eigenvalue weighted by Crippen LogP contribution is -2.40. The van der Waals surface area contributed by atoms with Crippen LogP contribution in [0.3, 0.4) is 0 Å². The Labute approximate surface area is 183 Å². The maximum atomic E-state index is 5.76. The molecule has 0 saturated heterocycles. The molecule has 0 spiro atoms. The van der Waals surface area contributed by atoms with Gasteiger partial charge in [0.1, 0.15) is 18.5 Å². The van der Waals surface area contributed by atoms with Crippen LogP contribution in [0.2, 0.25) is 0 Å². The number of nitrogens with one attached hydrogen (secondary N) is 1. The molecule has 0 bridgehead atoms. The van der Waals surface area contributed by atoms with Crippen molar-refractivity contribution < 1.29 is 14.0 Å². The Hall–Kier alpha value is -1.88. The third-order valence-corrected chi connectivity index (χ3v) is 3.95. The Morgan fingerprint density at radius 2 is 2.04 bits per heavy atom. The number of likely N-dealkylation sites (N-methyl/N-ethyl adjacent to an activating group) is 1. The molecule has 1 aromatic carbocycles. The van der Waals surface area contributed by atoms with Gasteiger partial charge in [-0.25, -0.2) is 0 Å². The van der Waals surface area contributed by atoms with Crippen molar-refractivity contribution in [2.45, 2.75) is 33.4 Å².